The number of para-hydroxylation sites is 2. The second-order valence-corrected chi connectivity index (χ2v) is 8.14. The second kappa shape index (κ2) is 9.88. The summed E-state index contributed by atoms with van der Waals surface area (Å²) in [6.07, 6.45) is 1.37. The largest absolute Gasteiger partial charge is 0.478 e. The third-order valence-corrected chi connectivity index (χ3v) is 5.84. The van der Waals surface area contributed by atoms with E-state index in [1.807, 2.05) is 0 Å². The van der Waals surface area contributed by atoms with Gasteiger partial charge in [-0.15, -0.1) is 0 Å². The van der Waals surface area contributed by atoms with Crippen LogP contribution in [0.4, 0.5) is 14.5 Å². The molecule has 0 spiro atoms. The van der Waals surface area contributed by atoms with E-state index in [0.717, 1.165) is 21.6 Å². The molecule has 1 N–H and O–H groups in total. The van der Waals surface area contributed by atoms with E-state index < -0.39 is 30.9 Å². The summed E-state index contributed by atoms with van der Waals surface area (Å²) in [6, 6.07) is 11.9. The van der Waals surface area contributed by atoms with Gasteiger partial charge in [0.2, 0.25) is 5.91 Å². The van der Waals surface area contributed by atoms with Crippen molar-refractivity contribution in [3.63, 3.8) is 0 Å². The van der Waals surface area contributed by atoms with Gasteiger partial charge in [0.15, 0.2) is 0 Å². The van der Waals surface area contributed by atoms with Gasteiger partial charge in [-0.25, -0.2) is 4.79 Å². The maximum Gasteiger partial charge on any atom is 0.387 e. The number of hydrogen-bond acceptors (Lipinski definition) is 6. The van der Waals surface area contributed by atoms with Crippen LogP contribution in [-0.4, -0.2) is 52.3 Å². The quantitative estimate of drug-likeness (QED) is 0.478. The van der Waals surface area contributed by atoms with E-state index in [0.29, 0.717) is 0 Å². The van der Waals surface area contributed by atoms with Gasteiger partial charge in [0.25, 0.3) is 5.91 Å². The fraction of sp³-hybridized carbons (Fsp3) is 0.143. The first-order valence-corrected chi connectivity index (χ1v) is 10.3. The molecular formula is C21H16F2N2O5S2. The minimum absolute atomic E-state index is 0.0655. The van der Waals surface area contributed by atoms with E-state index >= 15 is 0 Å². The summed E-state index contributed by atoms with van der Waals surface area (Å²) >= 11 is 6.14. The van der Waals surface area contributed by atoms with E-state index in [-0.39, 0.29) is 31.8 Å². The van der Waals surface area contributed by atoms with Crippen molar-refractivity contribution in [2.45, 2.75) is 6.61 Å². The zero-order chi connectivity index (χ0) is 23.4. The second-order valence-electron chi connectivity index (χ2n) is 6.46. The average molecular weight is 478 g/mol. The van der Waals surface area contributed by atoms with E-state index in [1.165, 1.54) is 49.5 Å². The van der Waals surface area contributed by atoms with Crippen LogP contribution in [0.15, 0.2) is 53.4 Å². The number of rotatable bonds is 7. The molecule has 0 bridgehead atoms. The highest BCUT2D eigenvalue weighted by molar-refractivity contribution is 8.26. The van der Waals surface area contributed by atoms with Gasteiger partial charge < -0.3 is 14.7 Å². The molecule has 1 aliphatic heterocycles. The van der Waals surface area contributed by atoms with Crippen LogP contribution in [-0.2, 0) is 9.59 Å². The van der Waals surface area contributed by atoms with Crippen LogP contribution < -0.4 is 9.64 Å². The van der Waals surface area contributed by atoms with Crippen molar-refractivity contribution in [3.8, 4) is 5.75 Å². The minimum Gasteiger partial charge on any atom is -0.478 e. The standard InChI is InChI=1S/C21H16F2N2O5S2/c1-24(14-8-4-3-7-13(14)19(28)29)17(26)11-25-18(27)16(32-21(25)31)10-12-6-2-5-9-15(12)30-20(22)23/h2-10,20H,11H2,1H3,(H,28,29)/b16-10-. The smallest absolute Gasteiger partial charge is 0.387 e. The molecule has 166 valence electrons. The van der Waals surface area contributed by atoms with E-state index in [2.05, 4.69) is 4.74 Å². The molecule has 1 fully saturated rings. The number of amides is 2. The molecule has 0 aromatic heterocycles. The number of thioether (sulfide) groups is 1. The lowest BCUT2D eigenvalue weighted by Gasteiger charge is -2.22. The van der Waals surface area contributed by atoms with Gasteiger partial charge >= 0.3 is 12.6 Å². The molecule has 1 aliphatic rings. The Bertz CT molecular complexity index is 1120. The lowest BCUT2D eigenvalue weighted by atomic mass is 10.1. The van der Waals surface area contributed by atoms with Crippen molar-refractivity contribution < 1.29 is 33.0 Å². The average Bonchev–Trinajstić information content (AvgIpc) is 3.01. The van der Waals surface area contributed by atoms with Crippen molar-refractivity contribution in [1.29, 1.82) is 0 Å². The SMILES string of the molecule is CN(C(=O)CN1C(=O)/C(=C/c2ccccc2OC(F)F)SC1=S)c1ccccc1C(=O)O. The Morgan fingerprint density at radius 2 is 1.88 bits per heavy atom. The Hall–Kier alpha value is -3.31. The number of hydrogen-bond donors (Lipinski definition) is 1. The van der Waals surface area contributed by atoms with Crippen LogP contribution in [0.2, 0.25) is 0 Å². The van der Waals surface area contributed by atoms with Crippen LogP contribution in [0.25, 0.3) is 6.08 Å². The van der Waals surface area contributed by atoms with Gasteiger partial charge in [-0.3, -0.25) is 14.5 Å². The van der Waals surface area contributed by atoms with Crippen molar-refractivity contribution in [1.82, 2.24) is 4.90 Å². The zero-order valence-corrected chi connectivity index (χ0v) is 18.2. The molecule has 0 saturated carbocycles. The van der Waals surface area contributed by atoms with Gasteiger partial charge in [0, 0.05) is 12.6 Å². The Balaban J connectivity index is 1.80. The monoisotopic (exact) mass is 478 g/mol. The third-order valence-electron chi connectivity index (χ3n) is 4.46. The van der Waals surface area contributed by atoms with E-state index in [1.54, 1.807) is 12.1 Å². The Labute approximate surface area is 191 Å². The molecule has 7 nitrogen and oxygen atoms in total. The number of thiocarbonyl (C=S) groups is 1. The highest BCUT2D eigenvalue weighted by Gasteiger charge is 2.34. The Morgan fingerprint density at radius 3 is 2.56 bits per heavy atom. The number of ether oxygens (including phenoxy) is 1. The van der Waals surface area contributed by atoms with Gasteiger partial charge in [-0.2, -0.15) is 8.78 Å². The van der Waals surface area contributed by atoms with Gasteiger partial charge in [-0.05, 0) is 24.3 Å². The van der Waals surface area contributed by atoms with E-state index in [4.69, 9.17) is 12.2 Å². The summed E-state index contributed by atoms with van der Waals surface area (Å²) in [6.45, 7) is -3.44. The molecule has 2 aromatic rings. The summed E-state index contributed by atoms with van der Waals surface area (Å²) in [5.74, 6) is -2.43. The number of carboxylic acids is 1. The molecular weight excluding hydrogens is 462 g/mol. The lowest BCUT2D eigenvalue weighted by molar-refractivity contribution is -0.127. The number of nitrogens with zero attached hydrogens (tertiary/aromatic N) is 2. The first-order chi connectivity index (χ1) is 15.2. The van der Waals surface area contributed by atoms with Crippen molar-refractivity contribution >= 4 is 57.8 Å². The third kappa shape index (κ3) is 5.11. The molecule has 0 radical (unpaired) electrons. The maximum atomic E-state index is 12.8. The van der Waals surface area contributed by atoms with E-state index in [9.17, 15) is 28.3 Å². The number of benzene rings is 2. The first kappa shape index (κ1) is 23.4. The summed E-state index contributed by atoms with van der Waals surface area (Å²) in [5, 5.41) is 9.33. The first-order valence-electron chi connectivity index (χ1n) is 9.07. The minimum atomic E-state index is -3.03. The number of alkyl halides is 2. The highest BCUT2D eigenvalue weighted by Crippen LogP contribution is 2.34. The lowest BCUT2D eigenvalue weighted by Crippen LogP contribution is -2.40. The predicted octanol–water partition coefficient (Wildman–Crippen LogP) is 3.85. The highest BCUT2D eigenvalue weighted by atomic mass is 32.2. The number of aromatic carboxylic acids is 1. The fourth-order valence-corrected chi connectivity index (χ4v) is 4.15. The molecule has 0 unspecified atom stereocenters. The van der Waals surface area contributed by atoms with Crippen LogP contribution in [0.3, 0.4) is 0 Å². The molecule has 0 atom stereocenters. The van der Waals surface area contributed by atoms with Gasteiger partial charge in [0.05, 0.1) is 16.2 Å². The molecule has 11 heteroatoms. The van der Waals surface area contributed by atoms with Crippen molar-refractivity contribution in [2.24, 2.45) is 0 Å². The fourth-order valence-electron chi connectivity index (χ4n) is 2.90. The maximum absolute atomic E-state index is 12.8. The number of carbonyl (C=O) groups excluding carboxylic acids is 2. The predicted molar refractivity (Wildman–Crippen MR) is 120 cm³/mol. The summed E-state index contributed by atoms with van der Waals surface area (Å²) in [4.78, 5) is 39.3. The molecule has 1 saturated heterocycles. The summed E-state index contributed by atoms with van der Waals surface area (Å²) < 4.78 is 29.8. The summed E-state index contributed by atoms with van der Waals surface area (Å²) in [5.41, 5.74) is 0.362. The van der Waals surface area contributed by atoms with Gasteiger partial charge in [-0.1, -0.05) is 54.3 Å². The molecule has 32 heavy (non-hydrogen) atoms. The molecule has 1 heterocycles. The topological polar surface area (TPSA) is 87.2 Å². The van der Waals surface area contributed by atoms with Crippen LogP contribution >= 0.6 is 24.0 Å². The Kier molecular flexibility index (Phi) is 7.21. The number of halogens is 2. The molecule has 2 aromatic carbocycles. The van der Waals surface area contributed by atoms with Crippen LogP contribution in [0, 0.1) is 0 Å². The summed E-state index contributed by atoms with van der Waals surface area (Å²) in [7, 11) is 1.40. The van der Waals surface area contributed by atoms with Gasteiger partial charge in [0.1, 0.15) is 16.6 Å². The number of anilines is 1. The van der Waals surface area contributed by atoms with Crippen LogP contribution in [0.5, 0.6) is 5.75 Å². The molecule has 2 amide bonds. The van der Waals surface area contributed by atoms with Crippen molar-refractivity contribution in [3.05, 3.63) is 64.6 Å². The number of carbonyl (C=O) groups is 3. The molecule has 3 rings (SSSR count). The normalized spacial score (nSPS) is 14.9. The number of likely N-dealkylation sites (N-methyl/N-ethyl adjacent to an activating group) is 1. The zero-order valence-electron chi connectivity index (χ0n) is 16.5. The number of carboxylic acid groups (broad SMARTS) is 1. The molecule has 0 aliphatic carbocycles. The van der Waals surface area contributed by atoms with Crippen molar-refractivity contribution in [2.75, 3.05) is 18.5 Å². The Morgan fingerprint density at radius 1 is 1.22 bits per heavy atom. The van der Waals surface area contributed by atoms with Crippen LogP contribution in [0.1, 0.15) is 15.9 Å².